The molecule has 0 aromatic carbocycles. The molecule has 2 saturated heterocycles. The number of ether oxygens (including phenoxy) is 2. The van der Waals surface area contributed by atoms with Crippen molar-refractivity contribution in [2.75, 3.05) is 46.5 Å². The van der Waals surface area contributed by atoms with E-state index >= 15 is 0 Å². The first-order chi connectivity index (χ1) is 8.65. The van der Waals surface area contributed by atoms with Crippen LogP contribution in [0.15, 0.2) is 0 Å². The first-order valence-corrected chi connectivity index (χ1v) is 7.24. The lowest BCUT2D eigenvalue weighted by atomic mass is 10.0. The molecule has 2 rings (SSSR count). The second kappa shape index (κ2) is 6.33. The second-order valence-corrected chi connectivity index (χ2v) is 6.08. The van der Waals surface area contributed by atoms with Crippen molar-refractivity contribution in [2.24, 2.45) is 5.92 Å². The zero-order valence-corrected chi connectivity index (χ0v) is 12.1. The third-order valence-corrected chi connectivity index (χ3v) is 4.33. The quantitative estimate of drug-likeness (QED) is 0.817. The third kappa shape index (κ3) is 3.44. The fourth-order valence-corrected chi connectivity index (χ4v) is 2.96. The predicted octanol–water partition coefficient (Wildman–Crippen LogP) is 1.11. The maximum atomic E-state index is 5.75. The van der Waals surface area contributed by atoms with Crippen molar-refractivity contribution < 1.29 is 9.47 Å². The summed E-state index contributed by atoms with van der Waals surface area (Å²) in [4.78, 5) is 2.56. The molecule has 4 nitrogen and oxygen atoms in total. The topological polar surface area (TPSA) is 33.7 Å². The average molecular weight is 256 g/mol. The van der Waals surface area contributed by atoms with Crippen LogP contribution in [0, 0.1) is 5.92 Å². The van der Waals surface area contributed by atoms with Crippen LogP contribution in [0.1, 0.15) is 26.7 Å². The van der Waals surface area contributed by atoms with Crippen molar-refractivity contribution >= 4 is 0 Å². The maximum Gasteiger partial charge on any atom is 0.106 e. The van der Waals surface area contributed by atoms with E-state index in [1.54, 1.807) is 0 Å². The number of rotatable bonds is 4. The summed E-state index contributed by atoms with van der Waals surface area (Å²) in [5.74, 6) is 0.684. The molecule has 2 heterocycles. The van der Waals surface area contributed by atoms with Crippen LogP contribution in [0.3, 0.4) is 0 Å². The van der Waals surface area contributed by atoms with Gasteiger partial charge in [0, 0.05) is 39.3 Å². The lowest BCUT2D eigenvalue weighted by Gasteiger charge is -2.34. The Bertz CT molecular complexity index is 252. The smallest absolute Gasteiger partial charge is 0.106 e. The fourth-order valence-electron chi connectivity index (χ4n) is 2.96. The molecule has 2 atom stereocenters. The minimum atomic E-state index is -0.0636. The molecular weight excluding hydrogens is 228 g/mol. The van der Waals surface area contributed by atoms with Crippen molar-refractivity contribution in [3.8, 4) is 0 Å². The van der Waals surface area contributed by atoms with Gasteiger partial charge in [-0.1, -0.05) is 13.8 Å². The van der Waals surface area contributed by atoms with E-state index in [0.29, 0.717) is 12.0 Å². The number of nitrogens with zero attached hydrogens (tertiary/aromatic N) is 1. The number of methoxy groups -OCH3 is 1. The summed E-state index contributed by atoms with van der Waals surface area (Å²) in [5, 5.41) is 3.65. The molecule has 106 valence electrons. The average Bonchev–Trinajstić information content (AvgIpc) is 2.68. The largest absolute Gasteiger partial charge is 0.378 e. The normalized spacial score (nSPS) is 35.0. The summed E-state index contributed by atoms with van der Waals surface area (Å²) in [6, 6.07) is 0.601. The Balaban J connectivity index is 1.94. The summed E-state index contributed by atoms with van der Waals surface area (Å²) in [6.07, 6.45) is 2.25. The van der Waals surface area contributed by atoms with Gasteiger partial charge in [-0.05, 0) is 25.4 Å². The Labute approximate surface area is 111 Å². The Morgan fingerprint density at radius 1 is 1.50 bits per heavy atom. The van der Waals surface area contributed by atoms with E-state index in [1.807, 2.05) is 7.11 Å². The Morgan fingerprint density at radius 2 is 2.33 bits per heavy atom. The molecule has 2 fully saturated rings. The van der Waals surface area contributed by atoms with Crippen LogP contribution >= 0.6 is 0 Å². The van der Waals surface area contributed by atoms with Gasteiger partial charge in [-0.25, -0.2) is 0 Å². The van der Waals surface area contributed by atoms with E-state index in [0.717, 1.165) is 39.3 Å². The van der Waals surface area contributed by atoms with Gasteiger partial charge in [-0.3, -0.25) is 4.90 Å². The van der Waals surface area contributed by atoms with Gasteiger partial charge in [0.2, 0.25) is 0 Å². The first kappa shape index (κ1) is 14.3. The van der Waals surface area contributed by atoms with Gasteiger partial charge in [0.05, 0.1) is 6.61 Å². The molecular formula is C14H28N2O2. The van der Waals surface area contributed by atoms with Gasteiger partial charge in [-0.15, -0.1) is 0 Å². The van der Waals surface area contributed by atoms with E-state index < -0.39 is 0 Å². The van der Waals surface area contributed by atoms with Crippen LogP contribution in [0.4, 0.5) is 0 Å². The molecule has 2 unspecified atom stereocenters. The van der Waals surface area contributed by atoms with Crippen molar-refractivity contribution in [3.63, 3.8) is 0 Å². The van der Waals surface area contributed by atoms with Crippen LogP contribution in [0.25, 0.3) is 0 Å². The highest BCUT2D eigenvalue weighted by atomic mass is 16.5. The number of hydrogen-bond acceptors (Lipinski definition) is 4. The maximum absolute atomic E-state index is 5.75. The molecule has 2 aliphatic rings. The summed E-state index contributed by atoms with van der Waals surface area (Å²) in [6.45, 7) is 10.6. The zero-order chi connectivity index (χ0) is 13.0. The highest BCUT2D eigenvalue weighted by Crippen LogP contribution is 2.24. The Kier molecular flexibility index (Phi) is 5.01. The van der Waals surface area contributed by atoms with Gasteiger partial charge < -0.3 is 14.8 Å². The molecule has 0 spiro atoms. The molecule has 0 aromatic heterocycles. The highest BCUT2D eigenvalue weighted by molar-refractivity contribution is 4.90. The first-order valence-electron chi connectivity index (χ1n) is 7.24. The van der Waals surface area contributed by atoms with Crippen LogP contribution in [-0.4, -0.2) is 63.0 Å². The van der Waals surface area contributed by atoms with E-state index in [4.69, 9.17) is 9.47 Å². The minimum Gasteiger partial charge on any atom is -0.378 e. The Morgan fingerprint density at radius 3 is 2.94 bits per heavy atom. The zero-order valence-electron chi connectivity index (χ0n) is 12.1. The molecule has 2 aliphatic heterocycles. The van der Waals surface area contributed by atoms with Gasteiger partial charge in [0.25, 0.3) is 0 Å². The summed E-state index contributed by atoms with van der Waals surface area (Å²) in [7, 11) is 1.82. The van der Waals surface area contributed by atoms with Crippen molar-refractivity contribution in [2.45, 2.75) is 38.3 Å². The van der Waals surface area contributed by atoms with E-state index in [9.17, 15) is 0 Å². The molecule has 0 bridgehead atoms. The van der Waals surface area contributed by atoms with Crippen molar-refractivity contribution in [3.05, 3.63) is 0 Å². The van der Waals surface area contributed by atoms with Gasteiger partial charge in [-0.2, -0.15) is 0 Å². The fraction of sp³-hybridized carbons (Fsp3) is 1.00. The van der Waals surface area contributed by atoms with E-state index in [1.165, 1.54) is 13.0 Å². The third-order valence-electron chi connectivity index (χ3n) is 4.33. The summed E-state index contributed by atoms with van der Waals surface area (Å²) in [5.41, 5.74) is -0.0636. The van der Waals surface area contributed by atoms with Crippen LogP contribution in [-0.2, 0) is 9.47 Å². The molecule has 0 aromatic rings. The lowest BCUT2D eigenvalue weighted by Crippen LogP contribution is -2.49. The number of hydrogen-bond donors (Lipinski definition) is 1. The lowest BCUT2D eigenvalue weighted by molar-refractivity contribution is -0.0415. The molecule has 0 aliphatic carbocycles. The summed E-state index contributed by atoms with van der Waals surface area (Å²) < 4.78 is 11.3. The van der Waals surface area contributed by atoms with Crippen LogP contribution in [0.5, 0.6) is 0 Å². The molecule has 4 heteroatoms. The van der Waals surface area contributed by atoms with Gasteiger partial charge in [0.15, 0.2) is 0 Å². The molecule has 0 radical (unpaired) electrons. The molecule has 18 heavy (non-hydrogen) atoms. The van der Waals surface area contributed by atoms with Crippen LogP contribution in [0.2, 0.25) is 0 Å². The van der Waals surface area contributed by atoms with Gasteiger partial charge in [0.1, 0.15) is 5.60 Å². The highest BCUT2D eigenvalue weighted by Gasteiger charge is 2.37. The number of nitrogens with one attached hydrogen (secondary N) is 1. The van der Waals surface area contributed by atoms with E-state index in [2.05, 4.69) is 24.1 Å². The predicted molar refractivity (Wildman–Crippen MR) is 72.9 cm³/mol. The van der Waals surface area contributed by atoms with Gasteiger partial charge >= 0.3 is 0 Å². The minimum absolute atomic E-state index is 0.0636. The second-order valence-electron chi connectivity index (χ2n) is 6.08. The molecule has 0 saturated carbocycles. The van der Waals surface area contributed by atoms with Crippen molar-refractivity contribution in [1.82, 2.24) is 10.2 Å². The van der Waals surface area contributed by atoms with Crippen LogP contribution < -0.4 is 5.32 Å². The molecule has 0 amide bonds. The standard InChI is InChI=1S/C14H28N2O2/c1-12(2)13-9-16(7-4-6-15-13)10-14(17-3)5-8-18-11-14/h12-13,15H,4-11H2,1-3H3. The molecule has 1 N–H and O–H groups in total. The van der Waals surface area contributed by atoms with E-state index in [-0.39, 0.29) is 5.60 Å². The SMILES string of the molecule is COC1(CN2CCCNC(C(C)C)C2)CCOC1. The monoisotopic (exact) mass is 256 g/mol. The van der Waals surface area contributed by atoms with Crippen molar-refractivity contribution in [1.29, 1.82) is 0 Å². The summed E-state index contributed by atoms with van der Waals surface area (Å²) >= 11 is 0. The Hall–Kier alpha value is -0.160.